The van der Waals surface area contributed by atoms with Gasteiger partial charge in [-0.2, -0.15) is 4.98 Å². The van der Waals surface area contributed by atoms with Crippen LogP contribution in [-0.2, 0) is 10.0 Å². The number of halogens is 3. The molecule has 0 radical (unpaired) electrons. The fourth-order valence-corrected chi connectivity index (χ4v) is 4.95. The van der Waals surface area contributed by atoms with Crippen LogP contribution in [0, 0.1) is 5.92 Å². The molecule has 4 rings (SSSR count). The van der Waals surface area contributed by atoms with E-state index in [9.17, 15) is 21.6 Å². The highest BCUT2D eigenvalue weighted by atomic mass is 32.2. The maximum Gasteiger partial charge on any atom is 0.573 e. The summed E-state index contributed by atoms with van der Waals surface area (Å²) in [5, 5.41) is 4.56. The number of sulfonamides is 1. The van der Waals surface area contributed by atoms with Crippen LogP contribution in [0.2, 0.25) is 0 Å². The quantitative estimate of drug-likeness (QED) is 0.427. The number of fused-ring (bicyclic) bond motifs is 1. The van der Waals surface area contributed by atoms with Crippen molar-refractivity contribution in [3.05, 3.63) is 48.5 Å². The third-order valence-corrected chi connectivity index (χ3v) is 7.37. The van der Waals surface area contributed by atoms with Gasteiger partial charge in [-0.1, -0.05) is 43.5 Å². The zero-order valence-corrected chi connectivity index (χ0v) is 21.9. The molecular weight excluding hydrogens is 507 g/mol. The molecule has 0 atom stereocenters. The first-order valence-electron chi connectivity index (χ1n) is 12.0. The van der Waals surface area contributed by atoms with Gasteiger partial charge in [0.15, 0.2) is 0 Å². The number of alkyl halides is 3. The highest BCUT2D eigenvalue weighted by Crippen LogP contribution is 2.29. The number of anilines is 2. The Morgan fingerprint density at radius 1 is 1.00 bits per heavy atom. The van der Waals surface area contributed by atoms with Gasteiger partial charge in [0, 0.05) is 26.0 Å². The Hall–Kier alpha value is -3.12. The largest absolute Gasteiger partial charge is 0.573 e. The van der Waals surface area contributed by atoms with E-state index < -0.39 is 27.0 Å². The van der Waals surface area contributed by atoms with Crippen molar-refractivity contribution in [1.29, 1.82) is 0 Å². The van der Waals surface area contributed by atoms with Crippen LogP contribution in [0.4, 0.5) is 24.9 Å². The molecule has 0 saturated heterocycles. The second kappa shape index (κ2) is 12.4. The Bertz CT molecular complexity index is 1280. The Labute approximate surface area is 215 Å². The van der Waals surface area contributed by atoms with Gasteiger partial charge in [0.1, 0.15) is 16.5 Å². The topological polar surface area (TPSA) is 96.5 Å². The van der Waals surface area contributed by atoms with Crippen molar-refractivity contribution in [3.63, 3.8) is 0 Å². The molecule has 1 aliphatic rings. The van der Waals surface area contributed by atoms with Crippen molar-refractivity contribution < 1.29 is 26.3 Å². The first-order valence-corrected chi connectivity index (χ1v) is 13.4. The molecule has 2 N–H and O–H groups in total. The van der Waals surface area contributed by atoms with Gasteiger partial charge in [-0.25, -0.2) is 18.1 Å². The molecule has 2 aromatic carbocycles. The van der Waals surface area contributed by atoms with Crippen molar-refractivity contribution >= 4 is 32.7 Å². The molecule has 1 fully saturated rings. The van der Waals surface area contributed by atoms with E-state index in [4.69, 9.17) is 0 Å². The van der Waals surface area contributed by atoms with Gasteiger partial charge >= 0.3 is 6.36 Å². The molecule has 0 spiro atoms. The molecule has 8 nitrogen and oxygen atoms in total. The lowest BCUT2D eigenvalue weighted by molar-refractivity contribution is -0.275. The minimum atomic E-state index is -4.93. The number of benzene rings is 2. The normalized spacial score (nSPS) is 14.5. The van der Waals surface area contributed by atoms with Crippen molar-refractivity contribution in [2.45, 2.75) is 43.4 Å². The summed E-state index contributed by atoms with van der Waals surface area (Å²) >= 11 is 0. The van der Waals surface area contributed by atoms with E-state index in [1.807, 2.05) is 31.0 Å². The first-order chi connectivity index (χ1) is 17.5. The third kappa shape index (κ3) is 8.19. The summed E-state index contributed by atoms with van der Waals surface area (Å²) in [4.78, 5) is 10.8. The molecule has 3 aromatic rings. The Kier molecular flexibility index (Phi) is 9.55. The maximum absolute atomic E-state index is 12.0. The number of nitrogens with zero attached hydrogens (tertiary/aromatic N) is 3. The van der Waals surface area contributed by atoms with Gasteiger partial charge in [0.25, 0.3) is 0 Å². The van der Waals surface area contributed by atoms with Gasteiger partial charge in [-0.15, -0.1) is 13.2 Å². The van der Waals surface area contributed by atoms with Crippen LogP contribution in [-0.4, -0.2) is 52.4 Å². The van der Waals surface area contributed by atoms with Crippen molar-refractivity contribution in [2.24, 2.45) is 5.92 Å². The van der Waals surface area contributed by atoms with E-state index in [-0.39, 0.29) is 0 Å². The number of hydrogen-bond donors (Lipinski definition) is 2. The Balaban J connectivity index is 0.000000214. The SMILES string of the molecule is CN(C)c1nc(NCC2CCCCC2)nc2ccccc12.CNS(=O)(=O)c1ccccc1OC(F)(F)F. The molecule has 37 heavy (non-hydrogen) atoms. The standard InChI is InChI=1S/C17H24N4.C8H8F3NO3S/c1-21(2)16-14-10-6-7-11-15(14)19-17(20-16)18-12-13-8-4-3-5-9-13;1-12-16(13,14)7-5-3-2-4-6(7)15-8(9,10)11/h6-7,10-11,13H,3-5,8-9,12H2,1-2H3,(H,18,19,20);2-5,12H,1H3. The van der Waals surface area contributed by atoms with Crippen LogP contribution < -0.4 is 19.7 Å². The van der Waals surface area contributed by atoms with E-state index in [0.29, 0.717) is 0 Å². The smallest absolute Gasteiger partial charge is 0.404 e. The number of nitrogens with one attached hydrogen (secondary N) is 2. The predicted molar refractivity (Wildman–Crippen MR) is 138 cm³/mol. The summed E-state index contributed by atoms with van der Waals surface area (Å²) in [7, 11) is 1.18. The highest BCUT2D eigenvalue weighted by molar-refractivity contribution is 7.89. The van der Waals surface area contributed by atoms with Gasteiger partial charge < -0.3 is 15.0 Å². The maximum atomic E-state index is 12.0. The summed E-state index contributed by atoms with van der Waals surface area (Å²) < 4.78 is 64.1. The molecule has 1 saturated carbocycles. The fraction of sp³-hybridized carbons (Fsp3) is 0.440. The summed E-state index contributed by atoms with van der Waals surface area (Å²) in [5.41, 5.74) is 1.00. The van der Waals surface area contributed by atoms with Crippen LogP contribution >= 0.6 is 0 Å². The average Bonchev–Trinajstić information content (AvgIpc) is 2.87. The second-order valence-electron chi connectivity index (χ2n) is 8.87. The molecule has 1 heterocycles. The average molecular weight is 540 g/mol. The second-order valence-corrected chi connectivity index (χ2v) is 10.7. The van der Waals surface area contributed by atoms with E-state index in [1.54, 1.807) is 0 Å². The van der Waals surface area contributed by atoms with Crippen LogP contribution in [0.25, 0.3) is 10.9 Å². The molecular formula is C25H32F3N5O3S. The van der Waals surface area contributed by atoms with Gasteiger partial charge in [0.2, 0.25) is 16.0 Å². The molecule has 0 aliphatic heterocycles. The molecule has 1 aromatic heterocycles. The number of rotatable bonds is 7. The lowest BCUT2D eigenvalue weighted by Crippen LogP contribution is -2.23. The van der Waals surface area contributed by atoms with Gasteiger partial charge in [-0.05, 0) is 50.1 Å². The number of para-hydroxylation sites is 2. The summed E-state index contributed by atoms with van der Waals surface area (Å²) in [6.07, 6.45) is 1.87. The lowest BCUT2D eigenvalue weighted by atomic mass is 9.89. The van der Waals surface area contributed by atoms with Crippen molar-refractivity contribution in [1.82, 2.24) is 14.7 Å². The van der Waals surface area contributed by atoms with Crippen LogP contribution in [0.1, 0.15) is 32.1 Å². The van der Waals surface area contributed by atoms with E-state index in [1.165, 1.54) is 44.2 Å². The number of ether oxygens (including phenoxy) is 1. The lowest BCUT2D eigenvalue weighted by Gasteiger charge is -2.22. The van der Waals surface area contributed by atoms with Crippen LogP contribution in [0.5, 0.6) is 5.75 Å². The zero-order chi connectivity index (χ0) is 27.1. The first kappa shape index (κ1) is 28.5. The Morgan fingerprint density at radius 3 is 2.30 bits per heavy atom. The molecule has 0 amide bonds. The van der Waals surface area contributed by atoms with E-state index in [2.05, 4.69) is 37.1 Å². The highest BCUT2D eigenvalue weighted by Gasteiger charge is 2.33. The Morgan fingerprint density at radius 2 is 1.65 bits per heavy atom. The van der Waals surface area contributed by atoms with Crippen molar-refractivity contribution in [2.75, 3.05) is 37.9 Å². The van der Waals surface area contributed by atoms with E-state index in [0.717, 1.165) is 54.3 Å². The minimum absolute atomic E-state index is 0.560. The summed E-state index contributed by atoms with van der Waals surface area (Å²) in [5.74, 6) is 1.75. The third-order valence-electron chi connectivity index (χ3n) is 5.91. The van der Waals surface area contributed by atoms with Crippen LogP contribution in [0.3, 0.4) is 0 Å². The van der Waals surface area contributed by atoms with E-state index >= 15 is 0 Å². The minimum Gasteiger partial charge on any atom is -0.404 e. The molecule has 202 valence electrons. The zero-order valence-electron chi connectivity index (χ0n) is 21.0. The molecule has 12 heteroatoms. The summed E-state index contributed by atoms with van der Waals surface area (Å²) in [6.45, 7) is 0.991. The van der Waals surface area contributed by atoms with Crippen LogP contribution in [0.15, 0.2) is 53.4 Å². The monoisotopic (exact) mass is 539 g/mol. The summed E-state index contributed by atoms with van der Waals surface area (Å²) in [6, 6.07) is 12.7. The number of aromatic nitrogens is 2. The molecule has 0 bridgehead atoms. The van der Waals surface area contributed by atoms with Gasteiger partial charge in [0.05, 0.1) is 5.52 Å². The molecule has 1 aliphatic carbocycles. The predicted octanol–water partition coefficient (Wildman–Crippen LogP) is 5.18. The molecule has 0 unspecified atom stereocenters. The fourth-order valence-electron chi connectivity index (χ4n) is 4.10. The van der Waals surface area contributed by atoms with Gasteiger partial charge in [-0.3, -0.25) is 0 Å². The number of hydrogen-bond acceptors (Lipinski definition) is 7. The van der Waals surface area contributed by atoms with Crippen molar-refractivity contribution in [3.8, 4) is 5.75 Å².